The first kappa shape index (κ1) is 19.4. The Morgan fingerprint density at radius 2 is 1.94 bits per heavy atom. The van der Waals surface area contributed by atoms with E-state index >= 15 is 0 Å². The van der Waals surface area contributed by atoms with Gasteiger partial charge in [0.05, 0.1) is 19.3 Å². The first-order chi connectivity index (χ1) is 15.0. The Balaban J connectivity index is 1.67. The Hall–Kier alpha value is -3.59. The predicted octanol–water partition coefficient (Wildman–Crippen LogP) is 3.00. The number of nitrogens with two attached hydrogens (primary N) is 1. The highest BCUT2D eigenvalue weighted by atomic mass is 19.1. The van der Waals surface area contributed by atoms with Crippen LogP contribution in [0.15, 0.2) is 36.7 Å². The highest BCUT2D eigenvalue weighted by molar-refractivity contribution is 5.85. The van der Waals surface area contributed by atoms with Crippen LogP contribution in [-0.4, -0.2) is 43.1 Å². The third-order valence-corrected chi connectivity index (χ3v) is 5.33. The van der Waals surface area contributed by atoms with Crippen molar-refractivity contribution >= 4 is 17.0 Å². The lowest BCUT2D eigenvalue weighted by Crippen LogP contribution is -2.07. The van der Waals surface area contributed by atoms with Crippen molar-refractivity contribution in [2.75, 3.05) is 19.4 Å². The van der Waals surface area contributed by atoms with Crippen LogP contribution in [0.3, 0.4) is 0 Å². The van der Waals surface area contributed by atoms with E-state index in [1.165, 1.54) is 17.2 Å². The third kappa shape index (κ3) is 3.57. The number of nitrogen functional groups attached to an aromatic ring is 1. The molecular formula is C22H22FN7O. The molecule has 0 spiro atoms. The van der Waals surface area contributed by atoms with E-state index in [1.807, 2.05) is 11.5 Å². The first-order valence-electron chi connectivity index (χ1n) is 10.1. The van der Waals surface area contributed by atoms with Gasteiger partial charge < -0.3 is 15.0 Å². The SMILES string of the molecule is CCOc1nc(N)c2nc(-c3cncc(F)c3)n(Cc3ccc4c(c3)CN(C)C4)c2n1. The van der Waals surface area contributed by atoms with E-state index in [9.17, 15) is 4.39 Å². The van der Waals surface area contributed by atoms with Crippen LogP contribution in [0.1, 0.15) is 23.6 Å². The molecule has 0 saturated heterocycles. The number of benzene rings is 1. The minimum atomic E-state index is -0.439. The Morgan fingerprint density at radius 1 is 1.10 bits per heavy atom. The van der Waals surface area contributed by atoms with Crippen molar-refractivity contribution in [1.82, 2.24) is 29.4 Å². The topological polar surface area (TPSA) is 95.0 Å². The molecule has 4 heterocycles. The van der Waals surface area contributed by atoms with Crippen LogP contribution in [0.4, 0.5) is 10.2 Å². The van der Waals surface area contributed by atoms with Gasteiger partial charge >= 0.3 is 6.01 Å². The summed E-state index contributed by atoms with van der Waals surface area (Å²) in [5.74, 6) is 0.299. The average Bonchev–Trinajstić information content (AvgIpc) is 3.28. The molecule has 8 nitrogen and oxygen atoms in total. The van der Waals surface area contributed by atoms with Crippen molar-refractivity contribution in [1.29, 1.82) is 0 Å². The van der Waals surface area contributed by atoms with Crippen LogP contribution in [0.2, 0.25) is 0 Å². The van der Waals surface area contributed by atoms with Gasteiger partial charge in [-0.3, -0.25) is 9.88 Å². The van der Waals surface area contributed by atoms with Gasteiger partial charge in [0, 0.05) is 24.8 Å². The Bertz CT molecular complexity index is 1290. The van der Waals surface area contributed by atoms with E-state index in [0.29, 0.717) is 35.7 Å². The minimum absolute atomic E-state index is 0.188. The van der Waals surface area contributed by atoms with Crippen molar-refractivity contribution in [3.8, 4) is 17.4 Å². The number of hydrogen-bond donors (Lipinski definition) is 1. The summed E-state index contributed by atoms with van der Waals surface area (Å²) in [5.41, 5.74) is 11.4. The smallest absolute Gasteiger partial charge is 0.320 e. The average molecular weight is 419 g/mol. The molecule has 0 amide bonds. The second-order valence-corrected chi connectivity index (χ2v) is 7.69. The van der Waals surface area contributed by atoms with Crippen molar-refractivity contribution in [3.05, 3.63) is 59.2 Å². The zero-order valence-electron chi connectivity index (χ0n) is 17.3. The fourth-order valence-electron chi connectivity index (χ4n) is 4.00. The van der Waals surface area contributed by atoms with Gasteiger partial charge in [0.2, 0.25) is 0 Å². The molecule has 0 atom stereocenters. The molecule has 4 aromatic rings. The van der Waals surface area contributed by atoms with Crippen LogP contribution < -0.4 is 10.5 Å². The maximum atomic E-state index is 13.9. The maximum absolute atomic E-state index is 13.9. The van der Waals surface area contributed by atoms with Crippen LogP contribution in [0, 0.1) is 5.82 Å². The molecule has 1 aliphatic rings. The minimum Gasteiger partial charge on any atom is -0.464 e. The molecule has 158 valence electrons. The lowest BCUT2D eigenvalue weighted by atomic mass is 10.1. The molecule has 0 radical (unpaired) electrons. The number of hydrogen-bond acceptors (Lipinski definition) is 7. The van der Waals surface area contributed by atoms with Crippen molar-refractivity contribution in [3.63, 3.8) is 0 Å². The molecule has 3 aromatic heterocycles. The molecule has 0 bridgehead atoms. The zero-order chi connectivity index (χ0) is 21.5. The summed E-state index contributed by atoms with van der Waals surface area (Å²) in [5, 5.41) is 0. The van der Waals surface area contributed by atoms with Crippen LogP contribution in [0.25, 0.3) is 22.6 Å². The number of aromatic nitrogens is 5. The molecule has 1 aromatic carbocycles. The van der Waals surface area contributed by atoms with E-state index < -0.39 is 5.82 Å². The summed E-state index contributed by atoms with van der Waals surface area (Å²) in [6, 6.07) is 8.05. The number of ether oxygens (including phenoxy) is 1. The number of imidazole rings is 1. The summed E-state index contributed by atoms with van der Waals surface area (Å²) in [7, 11) is 2.10. The standard InChI is InChI=1S/C22H22FN7O/c1-3-31-22-27-19(24)18-21(28-22)30(20(26-18)15-7-17(23)9-25-8-15)10-13-4-5-14-11-29(2)12-16(14)6-13/h4-9H,3,10-12H2,1-2H3,(H2,24,27,28). The van der Waals surface area contributed by atoms with Gasteiger partial charge in [-0.25, -0.2) is 9.37 Å². The lowest BCUT2D eigenvalue weighted by molar-refractivity contribution is 0.314. The molecule has 9 heteroatoms. The van der Waals surface area contributed by atoms with Gasteiger partial charge in [-0.1, -0.05) is 18.2 Å². The highest BCUT2D eigenvalue weighted by Gasteiger charge is 2.21. The fourth-order valence-corrected chi connectivity index (χ4v) is 4.00. The van der Waals surface area contributed by atoms with E-state index in [-0.39, 0.29) is 11.8 Å². The van der Waals surface area contributed by atoms with Gasteiger partial charge in [-0.2, -0.15) is 9.97 Å². The van der Waals surface area contributed by atoms with E-state index in [0.717, 1.165) is 24.8 Å². The molecule has 5 rings (SSSR count). The highest BCUT2D eigenvalue weighted by Crippen LogP contribution is 2.30. The monoisotopic (exact) mass is 419 g/mol. The number of rotatable bonds is 5. The molecule has 0 saturated carbocycles. The molecule has 1 aliphatic heterocycles. The number of halogens is 1. The quantitative estimate of drug-likeness (QED) is 0.531. The second-order valence-electron chi connectivity index (χ2n) is 7.69. The fraction of sp³-hybridized carbons (Fsp3) is 0.273. The van der Waals surface area contributed by atoms with Crippen molar-refractivity contribution in [2.45, 2.75) is 26.6 Å². The van der Waals surface area contributed by atoms with Gasteiger partial charge in [-0.15, -0.1) is 0 Å². The Kier molecular flexibility index (Phi) is 4.74. The van der Waals surface area contributed by atoms with Crippen LogP contribution in [0.5, 0.6) is 6.01 Å². The maximum Gasteiger partial charge on any atom is 0.320 e. The number of fused-ring (bicyclic) bond motifs is 2. The zero-order valence-corrected chi connectivity index (χ0v) is 17.3. The largest absolute Gasteiger partial charge is 0.464 e. The van der Waals surface area contributed by atoms with E-state index in [1.54, 1.807) is 6.20 Å². The predicted molar refractivity (Wildman–Crippen MR) is 115 cm³/mol. The summed E-state index contributed by atoms with van der Waals surface area (Å²) in [4.78, 5) is 19.6. The van der Waals surface area contributed by atoms with Gasteiger partial charge in [-0.05, 0) is 36.7 Å². The van der Waals surface area contributed by atoms with Crippen LogP contribution >= 0.6 is 0 Å². The number of nitrogens with zero attached hydrogens (tertiary/aromatic N) is 6. The second kappa shape index (κ2) is 7.59. The first-order valence-corrected chi connectivity index (χ1v) is 10.1. The van der Waals surface area contributed by atoms with Gasteiger partial charge in [0.25, 0.3) is 0 Å². The van der Waals surface area contributed by atoms with E-state index in [2.05, 4.69) is 50.1 Å². The molecule has 0 unspecified atom stereocenters. The summed E-state index contributed by atoms with van der Waals surface area (Å²) in [6.07, 6.45) is 2.74. The third-order valence-electron chi connectivity index (χ3n) is 5.33. The molecule has 2 N–H and O–H groups in total. The Morgan fingerprint density at radius 3 is 2.74 bits per heavy atom. The molecular weight excluding hydrogens is 397 g/mol. The van der Waals surface area contributed by atoms with Crippen LogP contribution in [-0.2, 0) is 19.6 Å². The number of anilines is 1. The summed E-state index contributed by atoms with van der Waals surface area (Å²) < 4.78 is 21.3. The molecule has 0 fully saturated rings. The summed E-state index contributed by atoms with van der Waals surface area (Å²) in [6.45, 7) is 4.62. The van der Waals surface area contributed by atoms with Gasteiger partial charge in [0.15, 0.2) is 17.0 Å². The van der Waals surface area contributed by atoms with Crippen molar-refractivity contribution < 1.29 is 9.13 Å². The number of pyridine rings is 1. The Labute approximate surface area is 178 Å². The molecule has 31 heavy (non-hydrogen) atoms. The van der Waals surface area contributed by atoms with Gasteiger partial charge in [0.1, 0.15) is 11.6 Å². The van der Waals surface area contributed by atoms with Crippen molar-refractivity contribution in [2.24, 2.45) is 0 Å². The van der Waals surface area contributed by atoms with E-state index in [4.69, 9.17) is 10.5 Å². The summed E-state index contributed by atoms with van der Waals surface area (Å²) >= 11 is 0. The molecule has 0 aliphatic carbocycles. The normalized spacial score (nSPS) is 13.6. The lowest BCUT2D eigenvalue weighted by Gasteiger charge is -2.11.